The highest BCUT2D eigenvalue weighted by Crippen LogP contribution is 2.28. The summed E-state index contributed by atoms with van der Waals surface area (Å²) in [4.78, 5) is 23.5. The van der Waals surface area contributed by atoms with E-state index in [-0.39, 0.29) is 11.8 Å². The van der Waals surface area contributed by atoms with E-state index in [0.29, 0.717) is 24.4 Å². The summed E-state index contributed by atoms with van der Waals surface area (Å²) in [7, 11) is 3.45. The first-order valence-corrected chi connectivity index (χ1v) is 8.63. The summed E-state index contributed by atoms with van der Waals surface area (Å²) in [6, 6.07) is 2.09. The van der Waals surface area contributed by atoms with Gasteiger partial charge in [-0.3, -0.25) is 9.48 Å². The van der Waals surface area contributed by atoms with Gasteiger partial charge in [0, 0.05) is 45.4 Å². The third kappa shape index (κ3) is 3.05. The van der Waals surface area contributed by atoms with Crippen LogP contribution in [0.4, 0.5) is 5.82 Å². The molecule has 0 aliphatic carbocycles. The number of ketones is 1. The molecule has 1 fully saturated rings. The number of nitrogens with zero attached hydrogens (tertiary/aromatic N) is 7. The molecule has 0 spiro atoms. The molecule has 0 radical (unpaired) electrons. The fourth-order valence-electron chi connectivity index (χ4n) is 3.52. The van der Waals surface area contributed by atoms with E-state index in [1.165, 1.54) is 6.33 Å². The van der Waals surface area contributed by atoms with Crippen LogP contribution in [0.5, 0.6) is 0 Å². The van der Waals surface area contributed by atoms with Gasteiger partial charge in [-0.05, 0) is 12.8 Å². The van der Waals surface area contributed by atoms with E-state index in [1.54, 1.807) is 28.7 Å². The molecule has 0 N–H and O–H groups in total. The summed E-state index contributed by atoms with van der Waals surface area (Å²) in [5, 5.41) is 8.40. The van der Waals surface area contributed by atoms with E-state index in [2.05, 4.69) is 25.1 Å². The van der Waals surface area contributed by atoms with Gasteiger partial charge < -0.3 is 9.64 Å². The highest BCUT2D eigenvalue weighted by molar-refractivity contribution is 5.96. The van der Waals surface area contributed by atoms with Crippen LogP contribution in [0.15, 0.2) is 24.8 Å². The Morgan fingerprint density at radius 2 is 2.27 bits per heavy atom. The fraction of sp³-hybridized carbons (Fsp3) is 0.471. The lowest BCUT2D eigenvalue weighted by Gasteiger charge is -2.26. The third-order valence-electron chi connectivity index (χ3n) is 4.70. The molecule has 4 rings (SSSR count). The summed E-state index contributed by atoms with van der Waals surface area (Å²) in [6.07, 6.45) is 7.33. The lowest BCUT2D eigenvalue weighted by atomic mass is 10.0. The molecular weight excluding hydrogens is 334 g/mol. The van der Waals surface area contributed by atoms with Gasteiger partial charge in [0.25, 0.3) is 5.78 Å². The Morgan fingerprint density at radius 1 is 1.38 bits per heavy atom. The number of carbonyl (C=O) groups excluding carboxylic acids is 1. The van der Waals surface area contributed by atoms with Gasteiger partial charge in [-0.25, -0.2) is 4.98 Å². The number of methoxy groups -OCH3 is 1. The van der Waals surface area contributed by atoms with E-state index >= 15 is 0 Å². The predicted octanol–water partition coefficient (Wildman–Crippen LogP) is 1.25. The molecule has 3 aromatic rings. The molecular formula is C17H21N7O2. The van der Waals surface area contributed by atoms with E-state index in [0.717, 1.165) is 30.9 Å². The largest absolute Gasteiger partial charge is 0.378 e. The molecule has 9 nitrogen and oxygen atoms in total. The number of Topliss-reactive ketones (excluding diaryl/α,β-unsaturated/α-hetero) is 1. The molecule has 0 aromatic carbocycles. The monoisotopic (exact) mass is 355 g/mol. The molecule has 9 heteroatoms. The van der Waals surface area contributed by atoms with Gasteiger partial charge in [-0.1, -0.05) is 0 Å². The highest BCUT2D eigenvalue weighted by atomic mass is 16.5. The third-order valence-corrected chi connectivity index (χ3v) is 4.70. The number of hydrogen-bond acceptors (Lipinski definition) is 7. The summed E-state index contributed by atoms with van der Waals surface area (Å²) in [5.41, 5.74) is 1.45. The standard InChI is InChI=1S/C17H21N7O2/c1-22-9-12(8-19-22)15(25)7-14-4-3-5-23(14)16-6-13(10-26-2)21-17-18-11-20-24(16)17/h6,8-9,11,14H,3-5,7,10H2,1-2H3. The fourth-order valence-corrected chi connectivity index (χ4v) is 3.52. The molecule has 1 atom stereocenters. The van der Waals surface area contributed by atoms with Crippen molar-refractivity contribution < 1.29 is 9.53 Å². The maximum absolute atomic E-state index is 12.6. The minimum Gasteiger partial charge on any atom is -0.378 e. The van der Waals surface area contributed by atoms with Crippen LogP contribution in [0.1, 0.15) is 35.3 Å². The second-order valence-corrected chi connectivity index (χ2v) is 6.53. The van der Waals surface area contributed by atoms with Crippen molar-refractivity contribution in [1.29, 1.82) is 0 Å². The van der Waals surface area contributed by atoms with Crippen LogP contribution in [0.25, 0.3) is 5.78 Å². The van der Waals surface area contributed by atoms with Crippen molar-refractivity contribution in [3.63, 3.8) is 0 Å². The molecule has 0 amide bonds. The first kappa shape index (κ1) is 16.6. The lowest BCUT2D eigenvalue weighted by molar-refractivity contribution is 0.0974. The van der Waals surface area contributed by atoms with Gasteiger partial charge in [0.05, 0.1) is 24.1 Å². The van der Waals surface area contributed by atoms with Crippen molar-refractivity contribution in [2.24, 2.45) is 7.05 Å². The minimum absolute atomic E-state index is 0.107. The van der Waals surface area contributed by atoms with Crippen LogP contribution in [-0.4, -0.2) is 54.8 Å². The number of aromatic nitrogens is 6. The lowest BCUT2D eigenvalue weighted by Crippen LogP contribution is -2.33. The minimum atomic E-state index is 0.107. The Balaban J connectivity index is 1.63. The first-order valence-electron chi connectivity index (χ1n) is 8.63. The molecule has 1 aliphatic rings. The Hall–Kier alpha value is -2.81. The van der Waals surface area contributed by atoms with Gasteiger partial charge in [-0.2, -0.15) is 19.7 Å². The number of anilines is 1. The van der Waals surface area contributed by atoms with Crippen LogP contribution in [0.2, 0.25) is 0 Å². The summed E-state index contributed by atoms with van der Waals surface area (Å²) < 4.78 is 8.60. The summed E-state index contributed by atoms with van der Waals surface area (Å²) in [6.45, 7) is 1.28. The van der Waals surface area contributed by atoms with Crippen LogP contribution >= 0.6 is 0 Å². The maximum atomic E-state index is 12.6. The van der Waals surface area contributed by atoms with Crippen LogP contribution in [0.3, 0.4) is 0 Å². The number of rotatable bonds is 6. The summed E-state index contributed by atoms with van der Waals surface area (Å²) in [5.74, 6) is 1.55. The van der Waals surface area contributed by atoms with Crippen molar-refractivity contribution >= 4 is 17.4 Å². The number of aryl methyl sites for hydroxylation is 1. The van der Waals surface area contributed by atoms with Crippen molar-refractivity contribution in [3.05, 3.63) is 36.0 Å². The molecule has 0 saturated carbocycles. The van der Waals surface area contributed by atoms with Crippen molar-refractivity contribution in [2.75, 3.05) is 18.6 Å². The number of hydrogen-bond donors (Lipinski definition) is 0. The number of carbonyl (C=O) groups is 1. The van der Waals surface area contributed by atoms with Gasteiger partial charge >= 0.3 is 0 Å². The van der Waals surface area contributed by atoms with Gasteiger partial charge in [0.2, 0.25) is 0 Å². The van der Waals surface area contributed by atoms with Crippen molar-refractivity contribution in [3.8, 4) is 0 Å². The zero-order valence-corrected chi connectivity index (χ0v) is 14.9. The zero-order valence-electron chi connectivity index (χ0n) is 14.9. The molecule has 3 aromatic heterocycles. The van der Waals surface area contributed by atoms with Gasteiger partial charge in [-0.15, -0.1) is 0 Å². The molecule has 1 aliphatic heterocycles. The second-order valence-electron chi connectivity index (χ2n) is 6.53. The SMILES string of the molecule is COCc1cc(N2CCCC2CC(=O)c2cnn(C)c2)n2ncnc2n1. The zero-order chi connectivity index (χ0) is 18.1. The van der Waals surface area contributed by atoms with E-state index < -0.39 is 0 Å². The van der Waals surface area contributed by atoms with E-state index in [4.69, 9.17) is 4.74 Å². The molecule has 1 unspecified atom stereocenters. The van der Waals surface area contributed by atoms with E-state index in [1.807, 2.05) is 13.1 Å². The molecule has 136 valence electrons. The Morgan fingerprint density at radius 3 is 3.04 bits per heavy atom. The average Bonchev–Trinajstić information content (AvgIpc) is 3.34. The smallest absolute Gasteiger partial charge is 0.254 e. The first-order chi connectivity index (χ1) is 12.7. The second kappa shape index (κ2) is 6.83. The van der Waals surface area contributed by atoms with Gasteiger partial charge in [0.15, 0.2) is 5.78 Å². The highest BCUT2D eigenvalue weighted by Gasteiger charge is 2.30. The van der Waals surface area contributed by atoms with Gasteiger partial charge in [0.1, 0.15) is 12.1 Å². The molecule has 0 bridgehead atoms. The molecule has 4 heterocycles. The average molecular weight is 355 g/mol. The number of ether oxygens (including phenoxy) is 1. The quantitative estimate of drug-likeness (QED) is 0.615. The van der Waals surface area contributed by atoms with Crippen molar-refractivity contribution in [2.45, 2.75) is 31.9 Å². The number of fused-ring (bicyclic) bond motifs is 1. The van der Waals surface area contributed by atoms with Crippen molar-refractivity contribution in [1.82, 2.24) is 29.4 Å². The predicted molar refractivity (Wildman–Crippen MR) is 94.0 cm³/mol. The van der Waals surface area contributed by atoms with Crippen LogP contribution in [-0.2, 0) is 18.4 Å². The normalized spacial score (nSPS) is 17.3. The van der Waals surface area contributed by atoms with Crippen LogP contribution in [0, 0.1) is 0 Å². The molecule has 26 heavy (non-hydrogen) atoms. The Kier molecular flexibility index (Phi) is 4.37. The topological polar surface area (TPSA) is 90.4 Å². The Bertz CT molecular complexity index is 932. The molecule has 1 saturated heterocycles. The Labute approximate surface area is 150 Å². The maximum Gasteiger partial charge on any atom is 0.254 e. The van der Waals surface area contributed by atoms with Crippen LogP contribution < -0.4 is 4.90 Å². The van der Waals surface area contributed by atoms with E-state index in [9.17, 15) is 4.79 Å². The summed E-state index contributed by atoms with van der Waals surface area (Å²) >= 11 is 0.